The van der Waals surface area contributed by atoms with Gasteiger partial charge in [-0.1, -0.05) is 5.21 Å². The first-order chi connectivity index (χ1) is 7.59. The summed E-state index contributed by atoms with van der Waals surface area (Å²) in [5.41, 5.74) is 0. The van der Waals surface area contributed by atoms with Gasteiger partial charge in [0.2, 0.25) is 5.91 Å². The Balaban J connectivity index is 2.28. The van der Waals surface area contributed by atoms with E-state index in [9.17, 15) is 9.59 Å². The van der Waals surface area contributed by atoms with Crippen LogP contribution in [0, 0.1) is 0 Å². The number of likely N-dealkylation sites (N-methyl/N-ethyl adjacent to an activating group) is 1. The lowest BCUT2D eigenvalue weighted by atomic mass is 10.3. The number of hydrogen-bond acceptors (Lipinski definition) is 4. The molecule has 0 radical (unpaired) electrons. The molecule has 0 unspecified atom stereocenters. The second kappa shape index (κ2) is 5.84. The van der Waals surface area contributed by atoms with Crippen LogP contribution >= 0.6 is 0 Å². The zero-order chi connectivity index (χ0) is 12.0. The average molecular weight is 226 g/mol. The Morgan fingerprint density at radius 1 is 1.50 bits per heavy atom. The molecule has 1 N–H and O–H groups in total. The highest BCUT2D eigenvalue weighted by Gasteiger charge is 2.09. The van der Waals surface area contributed by atoms with Gasteiger partial charge in [-0.3, -0.25) is 9.59 Å². The van der Waals surface area contributed by atoms with Gasteiger partial charge < -0.3 is 10.0 Å². The Bertz CT molecular complexity index is 350. The lowest BCUT2D eigenvalue weighted by molar-refractivity contribution is -0.138. The van der Waals surface area contributed by atoms with Gasteiger partial charge in [0.25, 0.3) is 0 Å². The third-order valence-corrected chi connectivity index (χ3v) is 2.08. The molecule has 88 valence electrons. The highest BCUT2D eigenvalue weighted by molar-refractivity contribution is 5.75. The molecule has 16 heavy (non-hydrogen) atoms. The van der Waals surface area contributed by atoms with Crippen LogP contribution in [0.3, 0.4) is 0 Å². The van der Waals surface area contributed by atoms with Crippen molar-refractivity contribution >= 4 is 11.9 Å². The number of rotatable bonds is 6. The van der Waals surface area contributed by atoms with E-state index >= 15 is 0 Å². The van der Waals surface area contributed by atoms with Gasteiger partial charge >= 0.3 is 5.97 Å². The molecule has 1 aromatic rings. The number of aliphatic carboxylic acids is 1. The molecule has 0 aliphatic rings. The summed E-state index contributed by atoms with van der Waals surface area (Å²) in [7, 11) is 1.64. The van der Waals surface area contributed by atoms with Crippen molar-refractivity contribution in [2.75, 3.05) is 13.6 Å². The normalized spacial score (nSPS) is 10.1. The van der Waals surface area contributed by atoms with Crippen molar-refractivity contribution in [3.8, 4) is 0 Å². The predicted octanol–water partition coefficient (Wildman–Crippen LogP) is -0.399. The molecule has 0 atom stereocenters. The van der Waals surface area contributed by atoms with Crippen LogP contribution in [0.2, 0.25) is 0 Å². The quantitative estimate of drug-likeness (QED) is 0.713. The highest BCUT2D eigenvalue weighted by Crippen LogP contribution is 1.95. The maximum absolute atomic E-state index is 11.6. The van der Waals surface area contributed by atoms with Crippen LogP contribution in [0.4, 0.5) is 0 Å². The van der Waals surface area contributed by atoms with E-state index in [-0.39, 0.29) is 18.9 Å². The zero-order valence-electron chi connectivity index (χ0n) is 9.04. The summed E-state index contributed by atoms with van der Waals surface area (Å²) in [5.74, 6) is -0.965. The molecule has 7 heteroatoms. The molecule has 7 nitrogen and oxygen atoms in total. The minimum Gasteiger partial charge on any atom is -0.481 e. The first-order valence-corrected chi connectivity index (χ1v) is 4.89. The molecule has 1 aromatic heterocycles. The fraction of sp³-hybridized carbons (Fsp3) is 0.556. The third-order valence-electron chi connectivity index (χ3n) is 2.08. The number of amides is 1. The molecule has 0 saturated heterocycles. The maximum atomic E-state index is 11.6. The summed E-state index contributed by atoms with van der Waals surface area (Å²) < 4.78 is 1.43. The van der Waals surface area contributed by atoms with Crippen molar-refractivity contribution < 1.29 is 14.7 Å². The number of carbonyl (C=O) groups is 2. The van der Waals surface area contributed by atoms with Crippen LogP contribution in [-0.4, -0.2) is 50.5 Å². The number of nitrogens with zero attached hydrogens (tertiary/aromatic N) is 4. The summed E-state index contributed by atoms with van der Waals surface area (Å²) in [5, 5.41) is 15.7. The van der Waals surface area contributed by atoms with E-state index in [2.05, 4.69) is 10.3 Å². The number of aromatic nitrogens is 3. The predicted molar refractivity (Wildman–Crippen MR) is 54.5 cm³/mol. The number of hydrogen-bond donors (Lipinski definition) is 1. The van der Waals surface area contributed by atoms with Crippen molar-refractivity contribution in [3.63, 3.8) is 0 Å². The first kappa shape index (κ1) is 12.2. The molecule has 0 aliphatic heterocycles. The number of carbonyl (C=O) groups excluding carboxylic acids is 1. The zero-order valence-corrected chi connectivity index (χ0v) is 9.04. The lowest BCUT2D eigenvalue weighted by Gasteiger charge is -2.16. The van der Waals surface area contributed by atoms with Gasteiger partial charge in [-0.2, -0.15) is 0 Å². The number of carboxylic acids is 1. The highest BCUT2D eigenvalue weighted by atomic mass is 16.4. The van der Waals surface area contributed by atoms with Gasteiger partial charge in [0, 0.05) is 26.2 Å². The molecule has 0 fully saturated rings. The van der Waals surface area contributed by atoms with E-state index in [1.807, 2.05) is 0 Å². The topological polar surface area (TPSA) is 88.3 Å². The average Bonchev–Trinajstić information content (AvgIpc) is 2.69. The first-order valence-electron chi connectivity index (χ1n) is 4.89. The van der Waals surface area contributed by atoms with Crippen molar-refractivity contribution in [3.05, 3.63) is 12.4 Å². The molecule has 1 rings (SSSR count). The molecule has 0 aliphatic carbocycles. The molecular weight excluding hydrogens is 212 g/mol. The molecule has 0 spiro atoms. The van der Waals surface area contributed by atoms with Gasteiger partial charge in [0.05, 0.1) is 6.20 Å². The van der Waals surface area contributed by atoms with Crippen LogP contribution in [-0.2, 0) is 16.1 Å². The second-order valence-corrected chi connectivity index (χ2v) is 3.41. The smallest absolute Gasteiger partial charge is 0.303 e. The van der Waals surface area contributed by atoms with E-state index in [1.54, 1.807) is 13.2 Å². The SMILES string of the molecule is CN(CCCC(=O)O)C(=O)Cn1ccnn1. The molecule has 1 amide bonds. The Labute approximate surface area is 92.7 Å². The summed E-state index contributed by atoms with van der Waals surface area (Å²) >= 11 is 0. The van der Waals surface area contributed by atoms with Crippen LogP contribution in [0.1, 0.15) is 12.8 Å². The molecule has 1 heterocycles. The molecular formula is C9H14N4O3. The van der Waals surface area contributed by atoms with Crippen molar-refractivity contribution in [2.45, 2.75) is 19.4 Å². The Kier molecular flexibility index (Phi) is 4.43. The Morgan fingerprint density at radius 2 is 2.25 bits per heavy atom. The minimum absolute atomic E-state index is 0.0704. The molecule has 0 bridgehead atoms. The van der Waals surface area contributed by atoms with Gasteiger partial charge in [-0.25, -0.2) is 4.68 Å². The van der Waals surface area contributed by atoms with Gasteiger partial charge in [-0.15, -0.1) is 5.10 Å². The third kappa shape index (κ3) is 4.07. The van der Waals surface area contributed by atoms with Crippen LogP contribution in [0.25, 0.3) is 0 Å². The Morgan fingerprint density at radius 3 is 2.81 bits per heavy atom. The minimum atomic E-state index is -0.850. The summed E-state index contributed by atoms with van der Waals surface area (Å²) in [6, 6.07) is 0. The molecule has 0 saturated carbocycles. The van der Waals surface area contributed by atoms with Crippen molar-refractivity contribution in [1.82, 2.24) is 19.9 Å². The van der Waals surface area contributed by atoms with Gasteiger partial charge in [0.15, 0.2) is 0 Å². The fourth-order valence-corrected chi connectivity index (χ4v) is 1.17. The number of carboxylic acid groups (broad SMARTS) is 1. The second-order valence-electron chi connectivity index (χ2n) is 3.41. The monoisotopic (exact) mass is 226 g/mol. The van der Waals surface area contributed by atoms with Crippen molar-refractivity contribution in [1.29, 1.82) is 0 Å². The lowest BCUT2D eigenvalue weighted by Crippen LogP contribution is -2.31. The van der Waals surface area contributed by atoms with E-state index in [0.29, 0.717) is 13.0 Å². The van der Waals surface area contributed by atoms with E-state index in [4.69, 9.17) is 5.11 Å². The van der Waals surface area contributed by atoms with E-state index in [1.165, 1.54) is 15.8 Å². The largest absolute Gasteiger partial charge is 0.481 e. The van der Waals surface area contributed by atoms with Crippen LogP contribution in [0.15, 0.2) is 12.4 Å². The van der Waals surface area contributed by atoms with Crippen LogP contribution < -0.4 is 0 Å². The standard InChI is InChI=1S/C9H14N4O3/c1-12(5-2-3-9(15)16)8(14)7-13-6-4-10-11-13/h4,6H,2-3,5,7H2,1H3,(H,15,16). The van der Waals surface area contributed by atoms with E-state index in [0.717, 1.165) is 0 Å². The summed E-state index contributed by atoms with van der Waals surface area (Å²) in [6.07, 6.45) is 3.62. The maximum Gasteiger partial charge on any atom is 0.303 e. The van der Waals surface area contributed by atoms with Crippen LogP contribution in [0.5, 0.6) is 0 Å². The van der Waals surface area contributed by atoms with Gasteiger partial charge in [-0.05, 0) is 6.42 Å². The van der Waals surface area contributed by atoms with Gasteiger partial charge in [0.1, 0.15) is 6.54 Å². The summed E-state index contributed by atoms with van der Waals surface area (Å²) in [6.45, 7) is 0.559. The van der Waals surface area contributed by atoms with Crippen molar-refractivity contribution in [2.24, 2.45) is 0 Å². The Hall–Kier alpha value is -1.92. The summed E-state index contributed by atoms with van der Waals surface area (Å²) in [4.78, 5) is 23.3. The van der Waals surface area contributed by atoms with E-state index < -0.39 is 5.97 Å². The molecule has 0 aromatic carbocycles. The fourth-order valence-electron chi connectivity index (χ4n) is 1.17.